The molecule has 1 unspecified atom stereocenters. The van der Waals surface area contributed by atoms with E-state index in [9.17, 15) is 19.5 Å². The Balaban J connectivity index is 1.23. The highest BCUT2D eigenvalue weighted by molar-refractivity contribution is 7.14. The van der Waals surface area contributed by atoms with Gasteiger partial charge in [0.15, 0.2) is 5.82 Å². The lowest BCUT2D eigenvalue weighted by atomic mass is 9.95. The van der Waals surface area contributed by atoms with Gasteiger partial charge in [-0.25, -0.2) is 9.97 Å². The van der Waals surface area contributed by atoms with E-state index >= 15 is 0 Å². The molecular weight excluding hydrogens is 649 g/mol. The quantitative estimate of drug-likeness (QED) is 0.122. The molecule has 4 aromatic rings. The highest BCUT2D eigenvalue weighted by Gasteiger charge is 2.35. The summed E-state index contributed by atoms with van der Waals surface area (Å²) in [4.78, 5) is 51.0. The van der Waals surface area contributed by atoms with Gasteiger partial charge in [0.1, 0.15) is 11.8 Å². The number of thiophene rings is 1. The van der Waals surface area contributed by atoms with E-state index in [1.54, 1.807) is 23.4 Å². The van der Waals surface area contributed by atoms with Crippen LogP contribution < -0.4 is 10.1 Å². The Kier molecular flexibility index (Phi) is 12.4. The number of ether oxygens (including phenoxy) is 1. The summed E-state index contributed by atoms with van der Waals surface area (Å²) in [5.74, 6) is -0.672. The third-order valence-electron chi connectivity index (χ3n) is 9.03. The summed E-state index contributed by atoms with van der Waals surface area (Å²) in [5.41, 5.74) is 3.49. The number of likely N-dealkylation sites (tertiary alicyclic amines) is 1. The van der Waals surface area contributed by atoms with E-state index in [-0.39, 0.29) is 30.2 Å². The first-order chi connectivity index (χ1) is 24.0. The maximum atomic E-state index is 13.7. The number of benzene rings is 2. The first kappa shape index (κ1) is 36.7. The second-order valence-corrected chi connectivity index (χ2v) is 15.1. The normalized spacial score (nSPS) is 15.1. The number of hydrogen-bond acceptors (Lipinski definition) is 7. The van der Waals surface area contributed by atoms with E-state index in [4.69, 9.17) is 4.74 Å². The highest BCUT2D eigenvalue weighted by Crippen LogP contribution is 2.30. The summed E-state index contributed by atoms with van der Waals surface area (Å²) < 4.78 is 5.90. The Morgan fingerprint density at radius 1 is 0.920 bits per heavy atom. The molecule has 2 amide bonds. The summed E-state index contributed by atoms with van der Waals surface area (Å²) in [5, 5.41) is 12.4. The molecule has 50 heavy (non-hydrogen) atoms. The number of carboxylic acids is 1. The Labute approximate surface area is 299 Å². The van der Waals surface area contributed by atoms with Crippen LogP contribution in [-0.4, -0.2) is 63.5 Å². The average molecular weight is 697 g/mol. The summed E-state index contributed by atoms with van der Waals surface area (Å²) in [6.45, 7) is 9.70. The van der Waals surface area contributed by atoms with Crippen LogP contribution in [0.3, 0.4) is 0 Å². The van der Waals surface area contributed by atoms with Crippen molar-refractivity contribution in [2.24, 2.45) is 5.92 Å². The van der Waals surface area contributed by atoms with E-state index < -0.39 is 17.9 Å². The monoisotopic (exact) mass is 696 g/mol. The minimum Gasteiger partial charge on any atom is -0.494 e. The standard InChI is InChI=1S/C40H48N4O5S/c1-5-6-7-8-9-22-49-32-16-14-28(15-17-32)31-24-41-36(42-25-31)29-12-10-27(11-13-29)23-33(38(46)44-21-20-30(26-44)39(47)48)43-37(45)34-18-19-35(50-34)40(2,3)4/h10-19,24-25,30,33H,5-9,20-23,26H2,1-4H3,(H,43,45)(H,47,48)/t30?,33-/m0/s1. The third-order valence-corrected chi connectivity index (χ3v) is 10.5. The first-order valence-electron chi connectivity index (χ1n) is 17.6. The largest absolute Gasteiger partial charge is 0.494 e. The molecule has 2 aromatic carbocycles. The van der Waals surface area contributed by atoms with Gasteiger partial charge in [-0.3, -0.25) is 14.4 Å². The van der Waals surface area contributed by atoms with Gasteiger partial charge < -0.3 is 20.1 Å². The van der Waals surface area contributed by atoms with Crippen LogP contribution in [0.1, 0.15) is 86.3 Å². The molecule has 10 heteroatoms. The van der Waals surface area contributed by atoms with Gasteiger partial charge in [0, 0.05) is 47.9 Å². The first-order valence-corrected chi connectivity index (χ1v) is 18.4. The number of carboxylic acid groups (broad SMARTS) is 1. The number of rotatable bonds is 15. The van der Waals surface area contributed by atoms with E-state index in [0.29, 0.717) is 23.7 Å². The molecule has 2 N–H and O–H groups in total. The van der Waals surface area contributed by atoms with Gasteiger partial charge in [0.25, 0.3) is 5.91 Å². The van der Waals surface area contributed by atoms with Gasteiger partial charge in [0.05, 0.1) is 17.4 Å². The fourth-order valence-electron chi connectivity index (χ4n) is 5.97. The van der Waals surface area contributed by atoms with Crippen molar-refractivity contribution in [3.8, 4) is 28.3 Å². The number of aromatic nitrogens is 2. The molecule has 5 rings (SSSR count). The molecule has 2 atom stereocenters. The SMILES string of the molecule is CCCCCCCOc1ccc(-c2cnc(-c3ccc(C[C@H](NC(=O)c4ccc(C(C)(C)C)s4)C(=O)N4CCC(C(=O)O)C4)cc3)nc2)cc1. The van der Waals surface area contributed by atoms with Crippen molar-refractivity contribution in [1.82, 2.24) is 20.2 Å². The van der Waals surface area contributed by atoms with Crippen molar-refractivity contribution in [3.63, 3.8) is 0 Å². The van der Waals surface area contributed by atoms with Gasteiger partial charge >= 0.3 is 5.97 Å². The predicted molar refractivity (Wildman–Crippen MR) is 197 cm³/mol. The molecule has 1 saturated heterocycles. The molecule has 9 nitrogen and oxygen atoms in total. The fraction of sp³-hybridized carbons (Fsp3) is 0.425. The van der Waals surface area contributed by atoms with Crippen LogP contribution in [0.4, 0.5) is 0 Å². The average Bonchev–Trinajstić information content (AvgIpc) is 3.82. The van der Waals surface area contributed by atoms with Gasteiger partial charge in [-0.05, 0) is 53.6 Å². The van der Waals surface area contributed by atoms with Crippen molar-refractivity contribution in [2.75, 3.05) is 19.7 Å². The van der Waals surface area contributed by atoms with E-state index in [0.717, 1.165) is 45.9 Å². The number of carbonyl (C=O) groups is 3. The molecule has 0 spiro atoms. The number of aliphatic carboxylic acids is 1. The van der Waals surface area contributed by atoms with Crippen molar-refractivity contribution in [3.05, 3.63) is 88.4 Å². The Hall–Kier alpha value is -4.57. The molecule has 0 aliphatic carbocycles. The predicted octanol–water partition coefficient (Wildman–Crippen LogP) is 7.79. The maximum Gasteiger partial charge on any atom is 0.308 e. The number of carbonyl (C=O) groups excluding carboxylic acids is 2. The van der Waals surface area contributed by atoms with Crippen LogP contribution in [0.25, 0.3) is 22.5 Å². The molecule has 0 saturated carbocycles. The second-order valence-electron chi connectivity index (χ2n) is 14.0. The Morgan fingerprint density at radius 3 is 2.22 bits per heavy atom. The number of amides is 2. The lowest BCUT2D eigenvalue weighted by Crippen LogP contribution is -2.49. The third kappa shape index (κ3) is 9.78. The molecule has 3 heterocycles. The van der Waals surface area contributed by atoms with Crippen molar-refractivity contribution >= 4 is 29.1 Å². The van der Waals surface area contributed by atoms with Crippen LogP contribution in [0.5, 0.6) is 5.75 Å². The summed E-state index contributed by atoms with van der Waals surface area (Å²) >= 11 is 1.42. The molecule has 264 valence electrons. The number of unbranched alkanes of at least 4 members (excludes halogenated alkanes) is 4. The Bertz CT molecular complexity index is 1730. The molecule has 2 aromatic heterocycles. The lowest BCUT2D eigenvalue weighted by molar-refractivity contribution is -0.141. The Morgan fingerprint density at radius 2 is 1.60 bits per heavy atom. The number of nitrogens with one attached hydrogen (secondary N) is 1. The van der Waals surface area contributed by atoms with Gasteiger partial charge in [-0.2, -0.15) is 0 Å². The minimum absolute atomic E-state index is 0.0979. The molecule has 0 radical (unpaired) electrons. The highest BCUT2D eigenvalue weighted by atomic mass is 32.1. The lowest BCUT2D eigenvalue weighted by Gasteiger charge is -2.24. The molecule has 1 aliphatic heterocycles. The zero-order valence-electron chi connectivity index (χ0n) is 29.5. The van der Waals surface area contributed by atoms with Crippen molar-refractivity contribution in [2.45, 2.75) is 84.1 Å². The van der Waals surface area contributed by atoms with Gasteiger partial charge in [-0.15, -0.1) is 11.3 Å². The van der Waals surface area contributed by atoms with Crippen LogP contribution >= 0.6 is 11.3 Å². The molecular formula is C40H48N4O5S. The van der Waals surface area contributed by atoms with Gasteiger partial charge in [0.2, 0.25) is 5.91 Å². The number of nitrogens with zero attached hydrogens (tertiary/aromatic N) is 3. The van der Waals surface area contributed by atoms with Crippen LogP contribution in [0.2, 0.25) is 0 Å². The molecule has 0 bridgehead atoms. The van der Waals surface area contributed by atoms with Crippen LogP contribution in [-0.2, 0) is 21.4 Å². The van der Waals surface area contributed by atoms with Crippen LogP contribution in [0, 0.1) is 5.92 Å². The van der Waals surface area contributed by atoms with Crippen LogP contribution in [0.15, 0.2) is 73.1 Å². The number of hydrogen-bond donors (Lipinski definition) is 2. The smallest absolute Gasteiger partial charge is 0.308 e. The minimum atomic E-state index is -0.911. The van der Waals surface area contributed by atoms with Crippen molar-refractivity contribution < 1.29 is 24.2 Å². The van der Waals surface area contributed by atoms with E-state index in [2.05, 4.69) is 43.0 Å². The molecule has 1 aliphatic rings. The summed E-state index contributed by atoms with van der Waals surface area (Å²) in [6, 6.07) is 18.5. The molecule has 1 fully saturated rings. The zero-order valence-corrected chi connectivity index (χ0v) is 30.3. The zero-order chi connectivity index (χ0) is 35.7. The second kappa shape index (κ2) is 16.9. The summed E-state index contributed by atoms with van der Waals surface area (Å²) in [6.07, 6.45) is 10.3. The van der Waals surface area contributed by atoms with Crippen molar-refractivity contribution in [1.29, 1.82) is 0 Å². The van der Waals surface area contributed by atoms with E-state index in [1.165, 1.54) is 37.0 Å². The maximum absolute atomic E-state index is 13.7. The van der Waals surface area contributed by atoms with E-state index in [1.807, 2.05) is 54.6 Å². The fourth-order valence-corrected chi connectivity index (χ4v) is 6.93. The topological polar surface area (TPSA) is 122 Å². The van der Waals surface area contributed by atoms with Gasteiger partial charge in [-0.1, -0.05) is 89.8 Å². The summed E-state index contributed by atoms with van der Waals surface area (Å²) in [7, 11) is 0.